The van der Waals surface area contributed by atoms with E-state index in [1.54, 1.807) is 12.1 Å². The van der Waals surface area contributed by atoms with E-state index in [1.165, 1.54) is 12.1 Å². The smallest absolute Gasteiger partial charge is 0.271 e. The van der Waals surface area contributed by atoms with Crippen molar-refractivity contribution >= 4 is 28.9 Å². The van der Waals surface area contributed by atoms with Crippen LogP contribution in [-0.4, -0.2) is 97.3 Å². The number of piperazine rings is 1. The van der Waals surface area contributed by atoms with Crippen LogP contribution in [-0.2, 0) is 4.74 Å². The van der Waals surface area contributed by atoms with Gasteiger partial charge in [-0.25, -0.2) is 18.7 Å². The molecule has 1 amide bonds. The zero-order valence-corrected chi connectivity index (χ0v) is 25.7. The zero-order valence-electron chi connectivity index (χ0n) is 25.7. The summed E-state index contributed by atoms with van der Waals surface area (Å²) in [4.78, 5) is 29.4. The van der Waals surface area contributed by atoms with Gasteiger partial charge in [0.05, 0.1) is 0 Å². The molecule has 10 nitrogen and oxygen atoms in total. The van der Waals surface area contributed by atoms with Crippen molar-refractivity contribution in [3.63, 3.8) is 0 Å². The molecule has 3 fully saturated rings. The number of carbonyl (C=O) groups is 1. The first-order chi connectivity index (χ1) is 21.8. The third-order valence-electron chi connectivity index (χ3n) is 9.12. The molecule has 0 saturated carbocycles. The van der Waals surface area contributed by atoms with Crippen molar-refractivity contribution in [1.29, 1.82) is 0 Å². The third kappa shape index (κ3) is 7.51. The summed E-state index contributed by atoms with van der Waals surface area (Å²) in [5.74, 6) is -0.180. The first kappa shape index (κ1) is 31.1. The number of nitrogens with two attached hydrogens (primary N) is 1. The van der Waals surface area contributed by atoms with Crippen molar-refractivity contribution in [2.75, 3.05) is 75.1 Å². The van der Waals surface area contributed by atoms with Crippen LogP contribution in [0.15, 0.2) is 48.5 Å². The van der Waals surface area contributed by atoms with Gasteiger partial charge < -0.3 is 30.9 Å². The fraction of sp³-hybridized carbons (Fsp3) is 0.485. The Hall–Kier alpha value is -3.87. The van der Waals surface area contributed by atoms with E-state index in [4.69, 9.17) is 15.5 Å². The fourth-order valence-corrected chi connectivity index (χ4v) is 6.42. The fourth-order valence-electron chi connectivity index (χ4n) is 6.42. The van der Waals surface area contributed by atoms with E-state index >= 15 is 0 Å². The van der Waals surface area contributed by atoms with E-state index in [9.17, 15) is 13.6 Å². The number of aromatic nitrogens is 2. The maximum absolute atomic E-state index is 13.5. The van der Waals surface area contributed by atoms with Gasteiger partial charge in [-0.3, -0.25) is 9.69 Å². The van der Waals surface area contributed by atoms with Crippen LogP contribution in [0.25, 0.3) is 11.3 Å². The standard InChI is InChI=1S/C33H42F2N8O2/c1-41-15-17-43(18-16-41)27-9-13-42(14-10-27)26-7-5-24(6-8-26)37-33-29(31(36)44)39-28(22-3-2-4-23(21-22)30(34)35)32(40-33)38-25-11-19-45-20-12-25/h2-8,21,25,27,30H,9-20H2,1H3,(H2,36,44)(H2,37,38,40). The average molecular weight is 621 g/mol. The second-order valence-corrected chi connectivity index (χ2v) is 12.2. The SMILES string of the molecule is CN1CCN(C2CCN(c3ccc(Nc4nc(NC5CCOCC5)c(-c5cccc(C(F)F)c5)nc4C(N)=O)cc3)CC2)CC1. The molecular formula is C33H42F2N8O2. The summed E-state index contributed by atoms with van der Waals surface area (Å²) in [6.45, 7) is 7.79. The molecule has 4 heterocycles. The van der Waals surface area contributed by atoms with Gasteiger partial charge in [0.25, 0.3) is 12.3 Å². The number of anilines is 4. The molecule has 3 aromatic rings. The second-order valence-electron chi connectivity index (χ2n) is 12.2. The molecule has 0 radical (unpaired) electrons. The molecule has 6 rings (SSSR count). The van der Waals surface area contributed by atoms with Crippen LogP contribution < -0.4 is 21.3 Å². The lowest BCUT2D eigenvalue weighted by Crippen LogP contribution is -2.52. The number of primary amides is 1. The van der Waals surface area contributed by atoms with E-state index < -0.39 is 12.3 Å². The number of halogens is 2. The van der Waals surface area contributed by atoms with E-state index in [0.717, 1.165) is 76.3 Å². The Labute approximate surface area is 262 Å². The van der Waals surface area contributed by atoms with Crippen LogP contribution in [0, 0.1) is 0 Å². The van der Waals surface area contributed by atoms with Gasteiger partial charge >= 0.3 is 0 Å². The predicted molar refractivity (Wildman–Crippen MR) is 172 cm³/mol. The van der Waals surface area contributed by atoms with Gasteiger partial charge in [0.1, 0.15) is 5.69 Å². The summed E-state index contributed by atoms with van der Waals surface area (Å²) in [5.41, 5.74) is 8.15. The Bertz CT molecular complexity index is 1450. The minimum Gasteiger partial charge on any atom is -0.381 e. The maximum atomic E-state index is 13.5. The molecule has 12 heteroatoms. The highest BCUT2D eigenvalue weighted by Crippen LogP contribution is 2.33. The van der Waals surface area contributed by atoms with Gasteiger partial charge in [0.2, 0.25) is 0 Å². The summed E-state index contributed by atoms with van der Waals surface area (Å²) in [5, 5.41) is 6.66. The van der Waals surface area contributed by atoms with Crippen molar-refractivity contribution in [1.82, 2.24) is 19.8 Å². The van der Waals surface area contributed by atoms with E-state index in [0.29, 0.717) is 36.3 Å². The monoisotopic (exact) mass is 620 g/mol. The molecule has 3 saturated heterocycles. The Kier molecular flexibility index (Phi) is 9.72. The van der Waals surface area contributed by atoms with E-state index in [1.807, 2.05) is 12.1 Å². The number of carbonyl (C=O) groups excluding carboxylic acids is 1. The number of rotatable bonds is 9. The molecule has 3 aliphatic rings. The third-order valence-corrected chi connectivity index (χ3v) is 9.12. The molecule has 0 atom stereocenters. The summed E-state index contributed by atoms with van der Waals surface area (Å²) in [6.07, 6.45) is 1.17. The van der Waals surface area contributed by atoms with Gasteiger partial charge in [0, 0.05) is 87.1 Å². The lowest BCUT2D eigenvalue weighted by atomic mass is 10.0. The molecule has 4 N–H and O–H groups in total. The molecule has 45 heavy (non-hydrogen) atoms. The molecule has 0 unspecified atom stereocenters. The molecule has 0 spiro atoms. The highest BCUT2D eigenvalue weighted by Gasteiger charge is 2.27. The van der Waals surface area contributed by atoms with Gasteiger partial charge in [-0.1, -0.05) is 18.2 Å². The maximum Gasteiger partial charge on any atom is 0.271 e. The first-order valence-electron chi connectivity index (χ1n) is 15.8. The summed E-state index contributed by atoms with van der Waals surface area (Å²) >= 11 is 0. The van der Waals surface area contributed by atoms with Crippen molar-refractivity contribution in [3.05, 3.63) is 59.8 Å². The van der Waals surface area contributed by atoms with Crippen LogP contribution in [0.4, 0.5) is 31.8 Å². The number of hydrogen-bond acceptors (Lipinski definition) is 9. The number of piperidine rings is 1. The van der Waals surface area contributed by atoms with Crippen LogP contribution in [0.5, 0.6) is 0 Å². The average Bonchev–Trinajstić information content (AvgIpc) is 3.06. The van der Waals surface area contributed by atoms with Crippen molar-refractivity contribution < 1.29 is 18.3 Å². The Morgan fingerprint density at radius 3 is 2.31 bits per heavy atom. The normalized spacial score (nSPS) is 19.2. The lowest BCUT2D eigenvalue weighted by molar-refractivity contribution is 0.0904. The Balaban J connectivity index is 1.21. The Morgan fingerprint density at radius 1 is 0.933 bits per heavy atom. The Morgan fingerprint density at radius 2 is 1.64 bits per heavy atom. The molecule has 0 bridgehead atoms. The summed E-state index contributed by atoms with van der Waals surface area (Å²) < 4.78 is 32.6. The number of alkyl halides is 2. The zero-order chi connectivity index (χ0) is 31.3. The first-order valence-corrected chi connectivity index (χ1v) is 15.8. The highest BCUT2D eigenvalue weighted by molar-refractivity contribution is 5.97. The molecule has 1 aromatic heterocycles. The summed E-state index contributed by atoms with van der Waals surface area (Å²) in [7, 11) is 2.19. The number of amides is 1. The van der Waals surface area contributed by atoms with Crippen LogP contribution in [0.2, 0.25) is 0 Å². The minimum absolute atomic E-state index is 0.0528. The predicted octanol–water partition coefficient (Wildman–Crippen LogP) is 4.73. The second kappa shape index (κ2) is 14.1. The lowest BCUT2D eigenvalue weighted by Gasteiger charge is -2.42. The number of nitrogens with one attached hydrogen (secondary N) is 2. The number of likely N-dealkylation sites (N-methyl/N-ethyl adjacent to an activating group) is 1. The molecule has 2 aromatic carbocycles. The molecule has 0 aliphatic carbocycles. The van der Waals surface area contributed by atoms with E-state index in [-0.39, 0.29) is 23.1 Å². The number of ether oxygens (including phenoxy) is 1. The molecular weight excluding hydrogens is 578 g/mol. The topological polar surface area (TPSA) is 112 Å². The number of nitrogens with zero attached hydrogens (tertiary/aromatic N) is 5. The van der Waals surface area contributed by atoms with Gasteiger partial charge in [-0.05, 0) is 63.1 Å². The minimum atomic E-state index is -2.65. The van der Waals surface area contributed by atoms with Crippen LogP contribution in [0.3, 0.4) is 0 Å². The molecule has 240 valence electrons. The quantitative estimate of drug-likeness (QED) is 0.313. The van der Waals surface area contributed by atoms with Gasteiger partial charge in [-0.15, -0.1) is 0 Å². The largest absolute Gasteiger partial charge is 0.381 e. The summed E-state index contributed by atoms with van der Waals surface area (Å²) in [6, 6.07) is 14.7. The van der Waals surface area contributed by atoms with Gasteiger partial charge in [0.15, 0.2) is 17.3 Å². The molecule has 3 aliphatic heterocycles. The van der Waals surface area contributed by atoms with Crippen molar-refractivity contribution in [2.45, 2.75) is 44.2 Å². The van der Waals surface area contributed by atoms with Crippen molar-refractivity contribution in [3.8, 4) is 11.3 Å². The van der Waals surface area contributed by atoms with E-state index in [2.05, 4.69) is 49.5 Å². The highest BCUT2D eigenvalue weighted by atomic mass is 19.3. The number of hydrogen-bond donors (Lipinski definition) is 3. The van der Waals surface area contributed by atoms with Crippen LogP contribution >= 0.6 is 0 Å². The van der Waals surface area contributed by atoms with Crippen LogP contribution in [0.1, 0.15) is 48.2 Å². The number of benzene rings is 2. The van der Waals surface area contributed by atoms with Gasteiger partial charge in [-0.2, -0.15) is 0 Å². The van der Waals surface area contributed by atoms with Crippen molar-refractivity contribution in [2.24, 2.45) is 5.73 Å².